The number of carboxylic acid groups (broad SMARTS) is 1. The van der Waals surface area contributed by atoms with E-state index in [1.165, 1.54) is 0 Å². The van der Waals surface area contributed by atoms with Crippen molar-refractivity contribution in [2.45, 2.75) is 38.1 Å². The van der Waals surface area contributed by atoms with Gasteiger partial charge in [-0.05, 0) is 31.5 Å². The van der Waals surface area contributed by atoms with Gasteiger partial charge in [0.25, 0.3) is 0 Å². The maximum atomic E-state index is 11.1. The van der Waals surface area contributed by atoms with Crippen LogP contribution in [0.5, 0.6) is 5.75 Å². The molecule has 4 unspecified atom stereocenters. The highest BCUT2D eigenvalue weighted by molar-refractivity contribution is 5.74. The molecule has 0 saturated carbocycles. The van der Waals surface area contributed by atoms with Crippen LogP contribution in [-0.2, 0) is 9.53 Å². The van der Waals surface area contributed by atoms with E-state index in [0.717, 1.165) is 11.3 Å². The molecular weight excluding hydrogens is 246 g/mol. The predicted molar refractivity (Wildman–Crippen MR) is 70.3 cm³/mol. The number of carbonyl (C=O) groups is 1. The van der Waals surface area contributed by atoms with Crippen molar-refractivity contribution in [2.24, 2.45) is 0 Å². The second kappa shape index (κ2) is 5.59. The van der Waals surface area contributed by atoms with Crippen LogP contribution in [0.25, 0.3) is 0 Å². The Morgan fingerprint density at radius 3 is 2.47 bits per heavy atom. The van der Waals surface area contributed by atoms with Crippen molar-refractivity contribution in [1.82, 2.24) is 5.32 Å². The Morgan fingerprint density at radius 2 is 1.95 bits per heavy atom. The molecule has 1 fully saturated rings. The van der Waals surface area contributed by atoms with Crippen LogP contribution >= 0.6 is 0 Å². The van der Waals surface area contributed by atoms with E-state index < -0.39 is 12.0 Å². The molecule has 1 aromatic carbocycles. The van der Waals surface area contributed by atoms with E-state index in [1.54, 1.807) is 14.0 Å². The van der Waals surface area contributed by atoms with Crippen molar-refractivity contribution in [3.05, 3.63) is 29.8 Å². The molecule has 5 heteroatoms. The first-order valence-electron chi connectivity index (χ1n) is 6.31. The van der Waals surface area contributed by atoms with E-state index in [1.807, 2.05) is 31.2 Å². The molecule has 2 rings (SSSR count). The SMILES string of the molecule is COc1ccc(C2OC(C)C(C(=O)O)NC2C)cc1. The average Bonchev–Trinajstić information content (AvgIpc) is 2.41. The van der Waals surface area contributed by atoms with Crippen molar-refractivity contribution in [3.8, 4) is 5.75 Å². The van der Waals surface area contributed by atoms with Gasteiger partial charge < -0.3 is 14.6 Å². The molecule has 1 aliphatic rings. The zero-order valence-corrected chi connectivity index (χ0v) is 11.3. The zero-order valence-electron chi connectivity index (χ0n) is 11.3. The first-order valence-corrected chi connectivity index (χ1v) is 6.31. The predicted octanol–water partition coefficient (Wildman–Crippen LogP) is 1.59. The van der Waals surface area contributed by atoms with Crippen molar-refractivity contribution in [3.63, 3.8) is 0 Å². The third-order valence-corrected chi connectivity index (χ3v) is 3.44. The lowest BCUT2D eigenvalue weighted by Gasteiger charge is -2.38. The highest BCUT2D eigenvalue weighted by atomic mass is 16.5. The minimum atomic E-state index is -0.882. The van der Waals surface area contributed by atoms with Gasteiger partial charge in [0, 0.05) is 6.04 Å². The molecule has 0 aliphatic carbocycles. The molecule has 2 N–H and O–H groups in total. The summed E-state index contributed by atoms with van der Waals surface area (Å²) in [4.78, 5) is 11.1. The number of carboxylic acids is 1. The molecule has 104 valence electrons. The number of ether oxygens (including phenoxy) is 2. The summed E-state index contributed by atoms with van der Waals surface area (Å²) < 4.78 is 11.0. The summed E-state index contributed by atoms with van der Waals surface area (Å²) >= 11 is 0. The number of hydrogen-bond donors (Lipinski definition) is 2. The summed E-state index contributed by atoms with van der Waals surface area (Å²) in [5.41, 5.74) is 1.01. The van der Waals surface area contributed by atoms with Crippen LogP contribution in [0.15, 0.2) is 24.3 Å². The smallest absolute Gasteiger partial charge is 0.323 e. The second-order valence-corrected chi connectivity index (χ2v) is 4.81. The number of aliphatic carboxylic acids is 1. The van der Waals surface area contributed by atoms with Crippen molar-refractivity contribution >= 4 is 5.97 Å². The largest absolute Gasteiger partial charge is 0.497 e. The van der Waals surface area contributed by atoms with Gasteiger partial charge in [0.05, 0.1) is 19.3 Å². The van der Waals surface area contributed by atoms with Crippen molar-refractivity contribution < 1.29 is 19.4 Å². The molecule has 0 amide bonds. The molecule has 0 spiro atoms. The van der Waals surface area contributed by atoms with E-state index in [-0.39, 0.29) is 18.2 Å². The van der Waals surface area contributed by atoms with E-state index in [9.17, 15) is 4.79 Å². The second-order valence-electron chi connectivity index (χ2n) is 4.81. The Bertz CT molecular complexity index is 445. The zero-order chi connectivity index (χ0) is 14.0. The number of rotatable bonds is 3. The Morgan fingerprint density at radius 1 is 1.32 bits per heavy atom. The third-order valence-electron chi connectivity index (χ3n) is 3.44. The van der Waals surface area contributed by atoms with Crippen LogP contribution < -0.4 is 10.1 Å². The average molecular weight is 265 g/mol. The molecule has 4 atom stereocenters. The van der Waals surface area contributed by atoms with Gasteiger partial charge in [-0.15, -0.1) is 0 Å². The Balaban J connectivity index is 2.14. The number of hydrogen-bond acceptors (Lipinski definition) is 4. The minimum absolute atomic E-state index is 0.0642. The van der Waals surface area contributed by atoms with E-state index in [0.29, 0.717) is 0 Å². The number of morpholine rings is 1. The summed E-state index contributed by atoms with van der Waals surface area (Å²) in [5.74, 6) is -0.0934. The topological polar surface area (TPSA) is 67.8 Å². The molecule has 19 heavy (non-hydrogen) atoms. The lowest BCUT2D eigenvalue weighted by Crippen LogP contribution is -2.56. The Hall–Kier alpha value is -1.59. The number of benzene rings is 1. The van der Waals surface area contributed by atoms with Gasteiger partial charge in [-0.3, -0.25) is 10.1 Å². The number of nitrogens with one attached hydrogen (secondary N) is 1. The van der Waals surface area contributed by atoms with Gasteiger partial charge in [-0.1, -0.05) is 12.1 Å². The fourth-order valence-corrected chi connectivity index (χ4v) is 2.37. The summed E-state index contributed by atoms with van der Waals surface area (Å²) in [6, 6.07) is 6.90. The normalized spacial score (nSPS) is 30.9. The minimum Gasteiger partial charge on any atom is -0.497 e. The van der Waals surface area contributed by atoms with E-state index >= 15 is 0 Å². The summed E-state index contributed by atoms with van der Waals surface area (Å²) in [6.45, 7) is 3.70. The first-order chi connectivity index (χ1) is 9.02. The van der Waals surface area contributed by atoms with Crippen molar-refractivity contribution in [1.29, 1.82) is 0 Å². The maximum absolute atomic E-state index is 11.1. The lowest BCUT2D eigenvalue weighted by molar-refractivity contribution is -0.152. The molecule has 0 aromatic heterocycles. The van der Waals surface area contributed by atoms with Crippen LogP contribution in [0.2, 0.25) is 0 Å². The van der Waals surface area contributed by atoms with Crippen LogP contribution in [0.4, 0.5) is 0 Å². The maximum Gasteiger partial charge on any atom is 0.323 e. The highest BCUT2D eigenvalue weighted by Crippen LogP contribution is 2.29. The Kier molecular flexibility index (Phi) is 4.07. The van der Waals surface area contributed by atoms with Gasteiger partial charge in [0.1, 0.15) is 11.8 Å². The van der Waals surface area contributed by atoms with Gasteiger partial charge in [0.2, 0.25) is 0 Å². The van der Waals surface area contributed by atoms with Crippen LogP contribution in [0.3, 0.4) is 0 Å². The highest BCUT2D eigenvalue weighted by Gasteiger charge is 2.37. The molecule has 1 saturated heterocycles. The lowest BCUT2D eigenvalue weighted by atomic mass is 9.98. The summed E-state index contributed by atoms with van der Waals surface area (Å²) in [5, 5.41) is 12.2. The quantitative estimate of drug-likeness (QED) is 0.868. The monoisotopic (exact) mass is 265 g/mol. The standard InChI is InChI=1S/C14H19NO4/c1-8-13(10-4-6-11(18-3)7-5-10)19-9(2)12(15-8)14(16)17/h4-9,12-13,15H,1-3H3,(H,16,17). The summed E-state index contributed by atoms with van der Waals surface area (Å²) in [7, 11) is 1.62. The van der Waals surface area contributed by atoms with Crippen LogP contribution in [0, 0.1) is 0 Å². The molecule has 5 nitrogen and oxygen atoms in total. The van der Waals surface area contributed by atoms with E-state index in [2.05, 4.69) is 5.32 Å². The van der Waals surface area contributed by atoms with Gasteiger partial charge >= 0.3 is 5.97 Å². The summed E-state index contributed by atoms with van der Waals surface area (Å²) in [6.07, 6.45) is -0.530. The fourth-order valence-electron chi connectivity index (χ4n) is 2.37. The molecule has 0 radical (unpaired) electrons. The molecule has 0 bridgehead atoms. The molecular formula is C14H19NO4. The van der Waals surface area contributed by atoms with Gasteiger partial charge in [-0.25, -0.2) is 0 Å². The van der Waals surface area contributed by atoms with Crippen LogP contribution in [-0.4, -0.2) is 36.4 Å². The van der Waals surface area contributed by atoms with E-state index in [4.69, 9.17) is 14.6 Å². The van der Waals surface area contributed by atoms with Gasteiger partial charge in [0.15, 0.2) is 0 Å². The Labute approximate surface area is 112 Å². The molecule has 1 aliphatic heterocycles. The third kappa shape index (κ3) is 2.88. The van der Waals surface area contributed by atoms with Gasteiger partial charge in [-0.2, -0.15) is 0 Å². The van der Waals surface area contributed by atoms with Crippen LogP contribution in [0.1, 0.15) is 25.5 Å². The van der Waals surface area contributed by atoms with Crippen molar-refractivity contribution in [2.75, 3.05) is 7.11 Å². The first kappa shape index (κ1) is 13.8. The fraction of sp³-hybridized carbons (Fsp3) is 0.500. The molecule has 1 aromatic rings. The number of methoxy groups -OCH3 is 1. The molecule has 1 heterocycles.